The number of aliphatic hydroxyl groups excluding tert-OH is 1. The van der Waals surface area contributed by atoms with Crippen LogP contribution in [0, 0.1) is 5.92 Å². The molecule has 0 aliphatic heterocycles. The fraction of sp³-hybridized carbons (Fsp3) is 0.458. The molecule has 3 rings (SSSR count). The Labute approximate surface area is 187 Å². The zero-order valence-electron chi connectivity index (χ0n) is 17.0. The molecule has 162 valence electrons. The molecule has 30 heavy (non-hydrogen) atoms. The smallest absolute Gasteiger partial charge is 0.449 e. The maximum absolute atomic E-state index is 10.8. The van der Waals surface area contributed by atoms with Crippen LogP contribution < -0.4 is 4.74 Å². The number of aliphatic hydroxyl groups is 1. The van der Waals surface area contributed by atoms with Gasteiger partial charge in [0.25, 0.3) is 0 Å². The maximum Gasteiger partial charge on any atom is 0.511 e. The number of aryl methyl sites for hydroxylation is 1. The third-order valence-electron chi connectivity index (χ3n) is 5.90. The first kappa shape index (κ1) is 22.9. The van der Waals surface area contributed by atoms with E-state index in [-0.39, 0.29) is 22.6 Å². The van der Waals surface area contributed by atoms with E-state index in [0.717, 1.165) is 48.8 Å². The summed E-state index contributed by atoms with van der Waals surface area (Å²) in [6, 6.07) is 15.3. The summed E-state index contributed by atoms with van der Waals surface area (Å²) in [6.07, 6.45) is 2.29. The predicted molar refractivity (Wildman–Crippen MR) is 120 cm³/mol. The summed E-state index contributed by atoms with van der Waals surface area (Å²) in [6.45, 7) is 2.06. The second kappa shape index (κ2) is 10.5. The van der Waals surface area contributed by atoms with Crippen molar-refractivity contribution < 1.29 is 19.7 Å². The Morgan fingerprint density at radius 2 is 1.90 bits per heavy atom. The Hall–Kier alpha value is -1.75. The minimum Gasteiger partial charge on any atom is -0.449 e. The fourth-order valence-electron chi connectivity index (χ4n) is 4.43. The lowest BCUT2D eigenvalue weighted by molar-refractivity contribution is 0.144. The molecule has 2 aromatic rings. The van der Waals surface area contributed by atoms with Crippen LogP contribution in [0.2, 0.25) is 0 Å². The van der Waals surface area contributed by atoms with Gasteiger partial charge in [0.15, 0.2) is 0 Å². The van der Waals surface area contributed by atoms with E-state index in [9.17, 15) is 9.90 Å². The number of rotatable bonds is 8. The van der Waals surface area contributed by atoms with Crippen molar-refractivity contribution in [2.24, 2.45) is 5.92 Å². The monoisotopic (exact) mass is 450 g/mol. The van der Waals surface area contributed by atoms with E-state index in [0.29, 0.717) is 5.75 Å². The number of hydrogen-bond donors (Lipinski definition) is 2. The molecule has 1 saturated carbocycles. The van der Waals surface area contributed by atoms with Crippen molar-refractivity contribution in [3.63, 3.8) is 0 Å². The number of carboxylic acid groups (broad SMARTS) is 1. The number of carbonyl (C=O) groups is 1. The van der Waals surface area contributed by atoms with Crippen LogP contribution >= 0.6 is 23.2 Å². The van der Waals surface area contributed by atoms with Crippen molar-refractivity contribution in [2.75, 3.05) is 0 Å². The first-order valence-electron chi connectivity index (χ1n) is 10.4. The van der Waals surface area contributed by atoms with Crippen molar-refractivity contribution in [2.45, 2.75) is 61.8 Å². The molecule has 1 aliphatic rings. The highest BCUT2D eigenvalue weighted by atomic mass is 35.5. The molecule has 0 heterocycles. The van der Waals surface area contributed by atoms with Crippen molar-refractivity contribution in [1.29, 1.82) is 0 Å². The number of benzene rings is 2. The maximum atomic E-state index is 10.8. The quantitative estimate of drug-likeness (QED) is 0.272. The Morgan fingerprint density at radius 3 is 2.57 bits per heavy atom. The molecule has 0 aromatic heterocycles. The third kappa shape index (κ3) is 5.69. The van der Waals surface area contributed by atoms with E-state index < -0.39 is 12.3 Å². The molecule has 5 unspecified atom stereocenters. The molecule has 1 fully saturated rings. The molecule has 6 heteroatoms. The third-order valence-corrected chi connectivity index (χ3v) is 6.86. The lowest BCUT2D eigenvalue weighted by Gasteiger charge is -2.24. The topological polar surface area (TPSA) is 66.8 Å². The van der Waals surface area contributed by atoms with E-state index in [2.05, 4.69) is 19.1 Å². The number of halogens is 2. The summed E-state index contributed by atoms with van der Waals surface area (Å²) in [7, 11) is 0. The summed E-state index contributed by atoms with van der Waals surface area (Å²) in [5, 5.41) is 19.0. The number of alkyl halides is 2. The SMILES string of the molecule is CCCC(O)c1ccc(C2C(Cl)CC(Cl)C2CCc2cccc(OC(=O)O)c2)cc1. The lowest BCUT2D eigenvalue weighted by atomic mass is 9.84. The molecule has 0 saturated heterocycles. The molecule has 0 amide bonds. The molecule has 5 atom stereocenters. The molecular formula is C24H28Cl2O4. The molecule has 0 spiro atoms. The Morgan fingerprint density at radius 1 is 1.17 bits per heavy atom. The van der Waals surface area contributed by atoms with Gasteiger partial charge in [0, 0.05) is 16.7 Å². The zero-order chi connectivity index (χ0) is 21.7. The van der Waals surface area contributed by atoms with Gasteiger partial charge in [0.2, 0.25) is 0 Å². The second-order valence-electron chi connectivity index (χ2n) is 7.98. The molecule has 0 bridgehead atoms. The molecule has 4 nitrogen and oxygen atoms in total. The van der Waals surface area contributed by atoms with Gasteiger partial charge in [-0.25, -0.2) is 4.79 Å². The van der Waals surface area contributed by atoms with Crippen LogP contribution in [0.1, 0.15) is 61.3 Å². The lowest BCUT2D eigenvalue weighted by Crippen LogP contribution is -2.17. The van der Waals surface area contributed by atoms with Crippen molar-refractivity contribution >= 4 is 29.4 Å². The highest BCUT2D eigenvalue weighted by Crippen LogP contribution is 2.47. The molecule has 1 aliphatic carbocycles. The van der Waals surface area contributed by atoms with E-state index >= 15 is 0 Å². The predicted octanol–water partition coefficient (Wildman–Crippen LogP) is 6.53. The van der Waals surface area contributed by atoms with Crippen molar-refractivity contribution in [3.8, 4) is 5.75 Å². The Balaban J connectivity index is 1.71. The van der Waals surface area contributed by atoms with Gasteiger partial charge in [0.05, 0.1) is 6.10 Å². The molecular weight excluding hydrogens is 423 g/mol. The normalized spacial score (nSPS) is 24.5. The number of ether oxygens (including phenoxy) is 1. The Bertz CT molecular complexity index is 839. The second-order valence-corrected chi connectivity index (χ2v) is 9.10. The standard InChI is InChI=1S/C24H28Cl2O4/c1-2-4-22(27)16-8-10-17(11-9-16)23-19(20(25)14-21(23)26)12-7-15-5-3-6-18(13-15)30-24(28)29/h3,5-6,8-11,13,19-23,27H,2,4,7,12,14H2,1H3,(H,28,29). The largest absolute Gasteiger partial charge is 0.511 e. The average Bonchev–Trinajstić information content (AvgIpc) is 2.99. The van der Waals surface area contributed by atoms with Gasteiger partial charge in [-0.3, -0.25) is 0 Å². The molecule has 2 aromatic carbocycles. The van der Waals surface area contributed by atoms with Gasteiger partial charge in [-0.1, -0.05) is 49.7 Å². The van der Waals surface area contributed by atoms with E-state index in [4.69, 9.17) is 33.0 Å². The van der Waals surface area contributed by atoms with Crippen LogP contribution in [0.4, 0.5) is 4.79 Å². The minimum absolute atomic E-state index is 0.0127. The van der Waals surface area contributed by atoms with Crippen LogP contribution in [0.15, 0.2) is 48.5 Å². The van der Waals surface area contributed by atoms with Gasteiger partial charge in [-0.15, -0.1) is 23.2 Å². The summed E-state index contributed by atoms with van der Waals surface area (Å²) in [5.74, 6) is 0.677. The minimum atomic E-state index is -1.32. The van der Waals surface area contributed by atoms with Gasteiger partial charge in [0.1, 0.15) is 5.75 Å². The van der Waals surface area contributed by atoms with E-state index in [1.54, 1.807) is 18.2 Å². The van der Waals surface area contributed by atoms with Crippen molar-refractivity contribution in [3.05, 3.63) is 65.2 Å². The first-order valence-corrected chi connectivity index (χ1v) is 11.3. The van der Waals surface area contributed by atoms with Crippen LogP contribution in [0.3, 0.4) is 0 Å². The van der Waals surface area contributed by atoms with Crippen LogP contribution in [0.5, 0.6) is 5.75 Å². The van der Waals surface area contributed by atoms with Crippen LogP contribution in [0.25, 0.3) is 0 Å². The zero-order valence-corrected chi connectivity index (χ0v) is 18.5. The van der Waals surface area contributed by atoms with Gasteiger partial charge < -0.3 is 14.9 Å². The summed E-state index contributed by atoms with van der Waals surface area (Å²) in [4.78, 5) is 10.8. The average molecular weight is 451 g/mol. The van der Waals surface area contributed by atoms with Gasteiger partial charge in [-0.2, -0.15) is 0 Å². The summed E-state index contributed by atoms with van der Waals surface area (Å²) in [5.41, 5.74) is 3.09. The van der Waals surface area contributed by atoms with E-state index in [1.807, 2.05) is 18.2 Å². The van der Waals surface area contributed by atoms with Gasteiger partial charge >= 0.3 is 6.16 Å². The number of hydrogen-bond acceptors (Lipinski definition) is 3. The molecule has 0 radical (unpaired) electrons. The summed E-state index contributed by atoms with van der Waals surface area (Å²) < 4.78 is 4.75. The first-order chi connectivity index (χ1) is 14.4. The Kier molecular flexibility index (Phi) is 8.04. The molecule has 2 N–H and O–H groups in total. The highest BCUT2D eigenvalue weighted by molar-refractivity contribution is 6.25. The van der Waals surface area contributed by atoms with Gasteiger partial charge in [-0.05, 0) is 60.4 Å². The van der Waals surface area contributed by atoms with Crippen LogP contribution in [-0.2, 0) is 6.42 Å². The van der Waals surface area contributed by atoms with Crippen molar-refractivity contribution in [1.82, 2.24) is 0 Å². The fourth-order valence-corrected chi connectivity index (χ4v) is 5.52. The summed E-state index contributed by atoms with van der Waals surface area (Å²) >= 11 is 13.4. The van der Waals surface area contributed by atoms with E-state index in [1.165, 1.54) is 0 Å². The van der Waals surface area contributed by atoms with Crippen LogP contribution in [-0.4, -0.2) is 27.1 Å². The highest BCUT2D eigenvalue weighted by Gasteiger charge is 2.41.